The number of nitrogens with zero attached hydrogens (tertiary/aromatic N) is 2. The van der Waals surface area contributed by atoms with Gasteiger partial charge in [-0.25, -0.2) is 13.8 Å². The number of carbonyl (C=O) groups is 1. The maximum atomic E-state index is 13.5. The van der Waals surface area contributed by atoms with Gasteiger partial charge in [0.05, 0.1) is 11.4 Å². The molecule has 0 aliphatic carbocycles. The summed E-state index contributed by atoms with van der Waals surface area (Å²) < 4.78 is 26.3. The summed E-state index contributed by atoms with van der Waals surface area (Å²) in [5, 5.41) is 5.15. The Morgan fingerprint density at radius 2 is 2.12 bits per heavy atom. The Kier molecular flexibility index (Phi) is 4.90. The number of hydrogen-bond donors (Lipinski definition) is 1. The second kappa shape index (κ2) is 7.27. The predicted molar refractivity (Wildman–Crippen MR) is 88.7 cm³/mol. The first kappa shape index (κ1) is 16.2. The van der Waals surface area contributed by atoms with Crippen molar-refractivity contribution in [3.05, 3.63) is 65.4 Å². The number of nitrogens with one attached hydrogen (secondary N) is 1. The summed E-state index contributed by atoms with van der Waals surface area (Å²) in [6, 6.07) is 6.78. The van der Waals surface area contributed by atoms with Gasteiger partial charge in [-0.15, -0.1) is 11.3 Å². The van der Waals surface area contributed by atoms with Crippen LogP contribution in [0.3, 0.4) is 0 Å². The standard InChI is InChI=1S/C17H13F2N3OS/c18-12-3-5-15(14(19)8-12)22-16(23)6-4-13-10-24-17(21-13)11-2-1-7-20-9-11/h1-3,5,7-10H,4,6H2,(H,22,23). The fraction of sp³-hybridized carbons (Fsp3) is 0.118. The number of rotatable bonds is 5. The Morgan fingerprint density at radius 1 is 1.25 bits per heavy atom. The summed E-state index contributed by atoms with van der Waals surface area (Å²) in [5.41, 5.74) is 1.68. The van der Waals surface area contributed by atoms with Crippen LogP contribution >= 0.6 is 11.3 Å². The van der Waals surface area contributed by atoms with Crippen LogP contribution in [0.2, 0.25) is 0 Å². The molecule has 0 radical (unpaired) electrons. The van der Waals surface area contributed by atoms with E-state index in [2.05, 4.69) is 15.3 Å². The highest BCUT2D eigenvalue weighted by Crippen LogP contribution is 2.23. The molecule has 0 saturated carbocycles. The van der Waals surface area contributed by atoms with E-state index in [1.165, 1.54) is 17.4 Å². The molecule has 122 valence electrons. The fourth-order valence-corrected chi connectivity index (χ4v) is 2.93. The second-order valence-electron chi connectivity index (χ2n) is 5.06. The molecule has 0 bridgehead atoms. The van der Waals surface area contributed by atoms with Crippen LogP contribution in [-0.2, 0) is 11.2 Å². The first-order valence-corrected chi connectivity index (χ1v) is 8.09. The molecule has 0 unspecified atom stereocenters. The molecule has 0 fully saturated rings. The van der Waals surface area contributed by atoms with Crippen molar-refractivity contribution in [1.82, 2.24) is 9.97 Å². The maximum Gasteiger partial charge on any atom is 0.224 e. The lowest BCUT2D eigenvalue weighted by atomic mass is 10.2. The zero-order valence-electron chi connectivity index (χ0n) is 12.5. The lowest BCUT2D eigenvalue weighted by Crippen LogP contribution is -2.13. The highest BCUT2D eigenvalue weighted by atomic mass is 32.1. The van der Waals surface area contributed by atoms with Crippen molar-refractivity contribution in [2.75, 3.05) is 5.32 Å². The Hall–Kier alpha value is -2.67. The first-order chi connectivity index (χ1) is 11.6. The summed E-state index contributed by atoms with van der Waals surface area (Å²) in [6.07, 6.45) is 4.02. The number of carbonyl (C=O) groups excluding carboxylic acids is 1. The molecule has 1 aromatic carbocycles. The Labute approximate surface area is 141 Å². The van der Waals surface area contributed by atoms with Crippen molar-refractivity contribution in [3.8, 4) is 10.6 Å². The average Bonchev–Trinajstić information content (AvgIpc) is 3.05. The number of aromatic nitrogens is 2. The van der Waals surface area contributed by atoms with Crippen LogP contribution in [0.5, 0.6) is 0 Å². The number of halogens is 2. The third kappa shape index (κ3) is 3.99. The minimum Gasteiger partial charge on any atom is -0.324 e. The monoisotopic (exact) mass is 345 g/mol. The SMILES string of the molecule is O=C(CCc1csc(-c2cccnc2)n1)Nc1ccc(F)cc1F. The summed E-state index contributed by atoms with van der Waals surface area (Å²) in [7, 11) is 0. The van der Waals surface area contributed by atoms with Crippen LogP contribution < -0.4 is 5.32 Å². The maximum absolute atomic E-state index is 13.5. The molecule has 1 N–H and O–H groups in total. The quantitative estimate of drug-likeness (QED) is 0.759. The Balaban J connectivity index is 1.58. The molecule has 2 heterocycles. The van der Waals surface area contributed by atoms with Gasteiger partial charge < -0.3 is 5.32 Å². The van der Waals surface area contributed by atoms with Crippen LogP contribution in [0.1, 0.15) is 12.1 Å². The van der Waals surface area contributed by atoms with Gasteiger partial charge in [0.2, 0.25) is 5.91 Å². The number of pyridine rings is 1. The van der Waals surface area contributed by atoms with E-state index < -0.39 is 11.6 Å². The molecule has 0 saturated heterocycles. The van der Waals surface area contributed by atoms with E-state index in [0.29, 0.717) is 6.42 Å². The molecule has 4 nitrogen and oxygen atoms in total. The van der Waals surface area contributed by atoms with Gasteiger partial charge in [0.1, 0.15) is 16.6 Å². The van der Waals surface area contributed by atoms with Crippen molar-refractivity contribution >= 4 is 22.9 Å². The largest absolute Gasteiger partial charge is 0.324 e. The van der Waals surface area contributed by atoms with Crippen molar-refractivity contribution in [2.24, 2.45) is 0 Å². The van der Waals surface area contributed by atoms with Gasteiger partial charge in [0.25, 0.3) is 0 Å². The summed E-state index contributed by atoms with van der Waals surface area (Å²) >= 11 is 1.48. The summed E-state index contributed by atoms with van der Waals surface area (Å²) in [4.78, 5) is 20.4. The smallest absolute Gasteiger partial charge is 0.224 e. The van der Waals surface area contributed by atoms with Gasteiger partial charge in [-0.3, -0.25) is 9.78 Å². The van der Waals surface area contributed by atoms with Gasteiger partial charge in [-0.1, -0.05) is 0 Å². The zero-order valence-corrected chi connectivity index (χ0v) is 13.3. The van der Waals surface area contributed by atoms with E-state index >= 15 is 0 Å². The molecule has 0 atom stereocenters. The number of amides is 1. The lowest BCUT2D eigenvalue weighted by Gasteiger charge is -2.05. The van der Waals surface area contributed by atoms with E-state index in [4.69, 9.17) is 0 Å². The number of hydrogen-bond acceptors (Lipinski definition) is 4. The number of aryl methyl sites for hydroxylation is 1. The molecule has 3 rings (SSSR count). The molecule has 24 heavy (non-hydrogen) atoms. The molecular formula is C17H13F2N3OS. The highest BCUT2D eigenvalue weighted by molar-refractivity contribution is 7.13. The number of benzene rings is 1. The van der Waals surface area contributed by atoms with E-state index in [0.717, 1.165) is 28.4 Å². The Bertz CT molecular complexity index is 852. The first-order valence-electron chi connectivity index (χ1n) is 7.21. The Morgan fingerprint density at radius 3 is 2.88 bits per heavy atom. The predicted octanol–water partition coefficient (Wildman–Crippen LogP) is 4.05. The van der Waals surface area contributed by atoms with Gasteiger partial charge >= 0.3 is 0 Å². The van der Waals surface area contributed by atoms with Crippen LogP contribution in [0, 0.1) is 11.6 Å². The van der Waals surface area contributed by atoms with Crippen LogP contribution in [-0.4, -0.2) is 15.9 Å². The van der Waals surface area contributed by atoms with Crippen LogP contribution in [0.25, 0.3) is 10.6 Å². The van der Waals surface area contributed by atoms with Crippen LogP contribution in [0.4, 0.5) is 14.5 Å². The normalized spacial score (nSPS) is 10.6. The highest BCUT2D eigenvalue weighted by Gasteiger charge is 2.10. The van der Waals surface area contributed by atoms with Crippen molar-refractivity contribution in [3.63, 3.8) is 0 Å². The number of anilines is 1. The molecule has 0 aliphatic heterocycles. The molecular weight excluding hydrogens is 332 g/mol. The molecule has 1 amide bonds. The zero-order chi connectivity index (χ0) is 16.9. The van der Waals surface area contributed by atoms with E-state index in [-0.39, 0.29) is 18.0 Å². The van der Waals surface area contributed by atoms with Crippen molar-refractivity contribution in [2.45, 2.75) is 12.8 Å². The van der Waals surface area contributed by atoms with Crippen molar-refractivity contribution in [1.29, 1.82) is 0 Å². The van der Waals surface area contributed by atoms with Crippen LogP contribution in [0.15, 0.2) is 48.1 Å². The summed E-state index contributed by atoms with van der Waals surface area (Å²) in [6.45, 7) is 0. The van der Waals surface area contributed by atoms with Gasteiger partial charge in [0.15, 0.2) is 0 Å². The molecule has 3 aromatic rings. The fourth-order valence-electron chi connectivity index (χ4n) is 2.09. The van der Waals surface area contributed by atoms with Crippen molar-refractivity contribution < 1.29 is 13.6 Å². The van der Waals surface area contributed by atoms with Gasteiger partial charge in [-0.2, -0.15) is 0 Å². The summed E-state index contributed by atoms with van der Waals surface area (Å²) in [5.74, 6) is -1.83. The topological polar surface area (TPSA) is 54.9 Å². The van der Waals surface area contributed by atoms with Gasteiger partial charge in [0, 0.05) is 35.8 Å². The van der Waals surface area contributed by atoms with E-state index in [1.807, 2.05) is 17.5 Å². The van der Waals surface area contributed by atoms with Gasteiger partial charge in [-0.05, 0) is 30.7 Å². The average molecular weight is 345 g/mol. The number of thiazole rings is 1. The third-order valence-electron chi connectivity index (χ3n) is 3.27. The minimum absolute atomic E-state index is 0.0317. The second-order valence-corrected chi connectivity index (χ2v) is 5.92. The lowest BCUT2D eigenvalue weighted by molar-refractivity contribution is -0.116. The molecule has 7 heteroatoms. The molecule has 2 aromatic heterocycles. The molecule has 0 aliphatic rings. The van der Waals surface area contributed by atoms with E-state index in [1.54, 1.807) is 12.4 Å². The minimum atomic E-state index is -0.795. The molecule has 0 spiro atoms. The van der Waals surface area contributed by atoms with E-state index in [9.17, 15) is 13.6 Å². The third-order valence-corrected chi connectivity index (χ3v) is 4.21.